The number of nitrogens with zero attached hydrogens (tertiary/aromatic N) is 2. The Kier molecular flexibility index (Phi) is 10.7. The Morgan fingerprint density at radius 1 is 1.08 bits per heavy atom. The van der Waals surface area contributed by atoms with Crippen LogP contribution in [0.25, 0.3) is 22.3 Å². The Labute approximate surface area is 278 Å². The fourth-order valence-corrected chi connectivity index (χ4v) is 6.38. The van der Waals surface area contributed by atoms with Gasteiger partial charge in [0, 0.05) is 43.3 Å². The first-order valence-electron chi connectivity index (χ1n) is 15.2. The number of carbonyl (C=O) groups is 2. The summed E-state index contributed by atoms with van der Waals surface area (Å²) in [4.78, 5) is 27.5. The van der Waals surface area contributed by atoms with Crippen LogP contribution >= 0.6 is 0 Å². The van der Waals surface area contributed by atoms with E-state index in [4.69, 9.17) is 23.4 Å². The molecule has 0 radical (unpaired) electrons. The van der Waals surface area contributed by atoms with Crippen molar-refractivity contribution in [2.75, 3.05) is 64.6 Å². The summed E-state index contributed by atoms with van der Waals surface area (Å²) in [5, 5.41) is 3.12. The average molecular weight is 684 g/mol. The lowest BCUT2D eigenvalue weighted by Crippen LogP contribution is -2.39. The molecule has 48 heavy (non-hydrogen) atoms. The van der Waals surface area contributed by atoms with Crippen molar-refractivity contribution in [3.05, 3.63) is 77.6 Å². The SMILES string of the molecule is CNC(=O)c1c(-c2ccc(Oc3ccc(F)cc3)cc2)oc2cc3c(cc12)[C@H](C)O[C@H](COC(=O)CN(C)CCOC)CN3S(C)(=O)=O. The number of amides is 1. The predicted octanol–water partition coefficient (Wildman–Crippen LogP) is 4.74. The van der Waals surface area contributed by atoms with Crippen LogP contribution < -0.4 is 14.4 Å². The first kappa shape index (κ1) is 34.8. The zero-order valence-corrected chi connectivity index (χ0v) is 28.1. The van der Waals surface area contributed by atoms with Gasteiger partial charge >= 0.3 is 5.97 Å². The van der Waals surface area contributed by atoms with Gasteiger partial charge in [-0.05, 0) is 68.6 Å². The molecule has 1 aliphatic rings. The molecule has 1 N–H and O–H groups in total. The van der Waals surface area contributed by atoms with Crippen LogP contribution in [0.5, 0.6) is 11.5 Å². The lowest BCUT2D eigenvalue weighted by molar-refractivity contribution is -0.150. The molecule has 12 nitrogen and oxygen atoms in total. The molecule has 0 bridgehead atoms. The van der Waals surface area contributed by atoms with Gasteiger partial charge in [-0.25, -0.2) is 12.8 Å². The number of sulfonamides is 1. The fraction of sp³-hybridized carbons (Fsp3) is 0.353. The number of halogens is 1. The largest absolute Gasteiger partial charge is 0.462 e. The number of fused-ring (bicyclic) bond motifs is 2. The number of likely N-dealkylation sites (N-methyl/N-ethyl adjacent to an activating group) is 1. The predicted molar refractivity (Wildman–Crippen MR) is 177 cm³/mol. The zero-order chi connectivity index (χ0) is 34.6. The molecule has 4 aromatic rings. The van der Waals surface area contributed by atoms with Crippen molar-refractivity contribution in [2.24, 2.45) is 0 Å². The van der Waals surface area contributed by atoms with Crippen LogP contribution in [0, 0.1) is 5.82 Å². The molecule has 0 spiro atoms. The van der Waals surface area contributed by atoms with Crippen LogP contribution in [0.15, 0.2) is 65.1 Å². The van der Waals surface area contributed by atoms with Crippen molar-refractivity contribution in [1.29, 1.82) is 0 Å². The van der Waals surface area contributed by atoms with E-state index in [2.05, 4.69) is 5.32 Å². The lowest BCUT2D eigenvalue weighted by Gasteiger charge is -2.25. The molecule has 1 amide bonds. The number of nitrogens with one attached hydrogen (secondary N) is 1. The Morgan fingerprint density at radius 3 is 2.38 bits per heavy atom. The summed E-state index contributed by atoms with van der Waals surface area (Å²) >= 11 is 0. The quantitative estimate of drug-likeness (QED) is 0.209. The van der Waals surface area contributed by atoms with Gasteiger partial charge in [0.05, 0.1) is 43.3 Å². The second-order valence-electron chi connectivity index (χ2n) is 11.5. The Morgan fingerprint density at radius 2 is 1.75 bits per heavy atom. The van der Waals surface area contributed by atoms with Crippen LogP contribution in [-0.4, -0.2) is 91.6 Å². The maximum absolute atomic E-state index is 13.3. The molecule has 1 aliphatic heterocycles. The molecule has 0 unspecified atom stereocenters. The highest BCUT2D eigenvalue weighted by molar-refractivity contribution is 7.92. The van der Waals surface area contributed by atoms with E-state index < -0.39 is 34.1 Å². The summed E-state index contributed by atoms with van der Waals surface area (Å²) in [6.07, 6.45) is -0.321. The van der Waals surface area contributed by atoms with Crippen molar-refractivity contribution >= 4 is 38.6 Å². The molecule has 0 aliphatic carbocycles. The van der Waals surface area contributed by atoms with Crippen LogP contribution in [0.2, 0.25) is 0 Å². The number of hydrogen-bond acceptors (Lipinski definition) is 10. The van der Waals surface area contributed by atoms with Crippen LogP contribution in [0.4, 0.5) is 10.1 Å². The molecule has 2 heterocycles. The molecule has 0 saturated carbocycles. The average Bonchev–Trinajstić information content (AvgIpc) is 3.36. The van der Waals surface area contributed by atoms with E-state index in [0.717, 1.165) is 6.26 Å². The third-order valence-electron chi connectivity index (χ3n) is 7.84. The number of carbonyl (C=O) groups excluding carboxylic acids is 2. The van der Waals surface area contributed by atoms with Crippen molar-refractivity contribution in [3.63, 3.8) is 0 Å². The van der Waals surface area contributed by atoms with Gasteiger partial charge in [0.1, 0.15) is 41.4 Å². The summed E-state index contributed by atoms with van der Waals surface area (Å²) in [5.74, 6) is -0.0371. The van der Waals surface area contributed by atoms with Gasteiger partial charge in [0.25, 0.3) is 5.91 Å². The third kappa shape index (κ3) is 7.96. The lowest BCUT2D eigenvalue weighted by atomic mass is 10.0. The van der Waals surface area contributed by atoms with E-state index >= 15 is 0 Å². The smallest absolute Gasteiger partial charge is 0.320 e. The number of furan rings is 1. The number of ether oxygens (including phenoxy) is 4. The van der Waals surface area contributed by atoms with Crippen molar-refractivity contribution in [1.82, 2.24) is 10.2 Å². The molecule has 256 valence electrons. The molecule has 5 rings (SSSR count). The van der Waals surface area contributed by atoms with E-state index in [9.17, 15) is 22.4 Å². The van der Waals surface area contributed by atoms with E-state index in [1.807, 2.05) is 0 Å². The Bertz CT molecular complexity index is 1880. The Hall–Kier alpha value is -4.50. The van der Waals surface area contributed by atoms with Gasteiger partial charge in [-0.3, -0.25) is 18.8 Å². The number of benzene rings is 3. The summed E-state index contributed by atoms with van der Waals surface area (Å²) in [5.41, 5.74) is 1.97. The minimum absolute atomic E-state index is 0.0344. The molecule has 1 aromatic heterocycles. The number of hydrogen-bond donors (Lipinski definition) is 1. The summed E-state index contributed by atoms with van der Waals surface area (Å²) in [6, 6.07) is 15.8. The summed E-state index contributed by atoms with van der Waals surface area (Å²) in [6.45, 7) is 2.53. The monoisotopic (exact) mass is 683 g/mol. The van der Waals surface area contributed by atoms with Crippen LogP contribution in [0.3, 0.4) is 0 Å². The van der Waals surface area contributed by atoms with Gasteiger partial charge in [-0.15, -0.1) is 0 Å². The topological polar surface area (TPSA) is 137 Å². The normalized spacial score (nSPS) is 16.4. The molecule has 0 fully saturated rings. The molecular formula is C34H38FN3O9S. The van der Waals surface area contributed by atoms with Crippen molar-refractivity contribution < 1.29 is 45.8 Å². The standard InChI is InChI=1S/C34H38FN3O9S/c1-21-27-16-28-30(17-29(27)38(48(5,41)42)18-26(45-21)20-44-31(39)19-37(3)14-15-43-4)47-33(32(28)34(40)36-2)22-6-10-24(11-7-22)46-25-12-8-23(35)9-13-25/h6-13,16-17,21,26H,14-15,18-20H2,1-5H3,(H,36,40)/t21-,26-/m0/s1. The van der Waals surface area contributed by atoms with E-state index in [1.54, 1.807) is 62.4 Å². The van der Waals surface area contributed by atoms with Crippen molar-refractivity contribution in [2.45, 2.75) is 19.1 Å². The third-order valence-corrected chi connectivity index (χ3v) is 8.98. The zero-order valence-electron chi connectivity index (χ0n) is 27.3. The van der Waals surface area contributed by atoms with Gasteiger partial charge in [0.2, 0.25) is 10.0 Å². The highest BCUT2D eigenvalue weighted by atomic mass is 32.2. The molecular weight excluding hydrogens is 645 g/mol. The van der Waals surface area contributed by atoms with Gasteiger partial charge in [0.15, 0.2) is 0 Å². The van der Waals surface area contributed by atoms with E-state index in [0.29, 0.717) is 52.4 Å². The minimum atomic E-state index is -3.83. The minimum Gasteiger partial charge on any atom is -0.462 e. The second kappa shape index (κ2) is 14.7. The summed E-state index contributed by atoms with van der Waals surface area (Å²) in [7, 11) is 1.02. The first-order chi connectivity index (χ1) is 22.9. The van der Waals surface area contributed by atoms with E-state index in [-0.39, 0.29) is 36.8 Å². The summed E-state index contributed by atoms with van der Waals surface area (Å²) < 4.78 is 69.5. The van der Waals surface area contributed by atoms with Crippen molar-refractivity contribution in [3.8, 4) is 22.8 Å². The van der Waals surface area contributed by atoms with Gasteiger partial charge in [-0.1, -0.05) is 0 Å². The number of anilines is 1. The van der Waals surface area contributed by atoms with Gasteiger partial charge < -0.3 is 28.7 Å². The molecule has 2 atom stereocenters. The molecule has 14 heteroatoms. The molecule has 3 aromatic carbocycles. The van der Waals surface area contributed by atoms with E-state index in [1.165, 1.54) is 35.6 Å². The highest BCUT2D eigenvalue weighted by Crippen LogP contribution is 2.42. The fourth-order valence-electron chi connectivity index (χ4n) is 5.43. The highest BCUT2D eigenvalue weighted by Gasteiger charge is 2.34. The number of methoxy groups -OCH3 is 1. The maximum Gasteiger partial charge on any atom is 0.320 e. The number of esters is 1. The number of rotatable bonds is 12. The van der Waals surface area contributed by atoms with Gasteiger partial charge in [-0.2, -0.15) is 0 Å². The van der Waals surface area contributed by atoms with Crippen LogP contribution in [0.1, 0.15) is 28.9 Å². The Balaban J connectivity index is 1.46. The maximum atomic E-state index is 13.3. The van der Waals surface area contributed by atoms with Crippen LogP contribution in [-0.2, 0) is 29.0 Å². The second-order valence-corrected chi connectivity index (χ2v) is 13.4. The molecule has 0 saturated heterocycles. The first-order valence-corrected chi connectivity index (χ1v) is 17.1.